The monoisotopic (exact) mass is 280 g/mol. The van der Waals surface area contributed by atoms with Crippen LogP contribution in [0.4, 0.5) is 0 Å². The zero-order valence-electron chi connectivity index (χ0n) is 14.2. The third-order valence-corrected chi connectivity index (χ3v) is 5.14. The molecule has 3 atom stereocenters. The summed E-state index contributed by atoms with van der Waals surface area (Å²) in [7, 11) is 0. The van der Waals surface area contributed by atoms with E-state index in [0.717, 1.165) is 30.0 Å². The SMILES string of the molecule is CCCNC1CCC(C)CC1N(CCC(C)C)C1CC1. The van der Waals surface area contributed by atoms with Crippen LogP contribution in [0.25, 0.3) is 0 Å². The maximum Gasteiger partial charge on any atom is 0.0254 e. The van der Waals surface area contributed by atoms with E-state index in [1.807, 2.05) is 0 Å². The van der Waals surface area contributed by atoms with Crippen LogP contribution in [0.5, 0.6) is 0 Å². The lowest BCUT2D eigenvalue weighted by Gasteiger charge is -2.43. The molecule has 0 amide bonds. The smallest absolute Gasteiger partial charge is 0.0254 e. The van der Waals surface area contributed by atoms with Crippen molar-refractivity contribution < 1.29 is 0 Å². The largest absolute Gasteiger partial charge is 0.312 e. The van der Waals surface area contributed by atoms with Crippen molar-refractivity contribution in [3.8, 4) is 0 Å². The molecular weight excluding hydrogens is 244 g/mol. The van der Waals surface area contributed by atoms with Crippen LogP contribution in [0.1, 0.15) is 72.6 Å². The maximum atomic E-state index is 3.85. The highest BCUT2D eigenvalue weighted by Gasteiger charge is 2.39. The third kappa shape index (κ3) is 4.73. The summed E-state index contributed by atoms with van der Waals surface area (Å²) in [5, 5.41) is 3.85. The van der Waals surface area contributed by atoms with E-state index in [9.17, 15) is 0 Å². The fourth-order valence-corrected chi connectivity index (χ4v) is 3.72. The molecule has 2 saturated carbocycles. The van der Waals surface area contributed by atoms with Crippen molar-refractivity contribution in [2.45, 2.75) is 90.8 Å². The Hall–Kier alpha value is -0.0800. The van der Waals surface area contributed by atoms with Gasteiger partial charge >= 0.3 is 0 Å². The lowest BCUT2D eigenvalue weighted by molar-refractivity contribution is 0.0892. The molecule has 0 aromatic rings. The number of hydrogen-bond acceptors (Lipinski definition) is 2. The van der Waals surface area contributed by atoms with Gasteiger partial charge in [-0.05, 0) is 69.9 Å². The van der Waals surface area contributed by atoms with Gasteiger partial charge in [-0.2, -0.15) is 0 Å². The number of nitrogens with zero attached hydrogens (tertiary/aromatic N) is 1. The second kappa shape index (κ2) is 7.79. The highest BCUT2D eigenvalue weighted by atomic mass is 15.2. The fourth-order valence-electron chi connectivity index (χ4n) is 3.72. The Morgan fingerprint density at radius 1 is 1.15 bits per heavy atom. The maximum absolute atomic E-state index is 3.85. The van der Waals surface area contributed by atoms with Crippen LogP contribution in [0.3, 0.4) is 0 Å². The van der Waals surface area contributed by atoms with Gasteiger partial charge in [-0.1, -0.05) is 27.7 Å². The first-order chi connectivity index (χ1) is 9.61. The molecule has 0 aliphatic heterocycles. The van der Waals surface area contributed by atoms with Crippen LogP contribution in [0.15, 0.2) is 0 Å². The van der Waals surface area contributed by atoms with Gasteiger partial charge in [0, 0.05) is 18.1 Å². The average Bonchev–Trinajstić information content (AvgIpc) is 3.22. The molecule has 1 N–H and O–H groups in total. The van der Waals surface area contributed by atoms with Gasteiger partial charge in [0.05, 0.1) is 0 Å². The predicted octanol–water partition coefficient (Wildman–Crippen LogP) is 4.05. The second-order valence-corrected chi connectivity index (χ2v) is 7.70. The van der Waals surface area contributed by atoms with Crippen LogP contribution in [0, 0.1) is 11.8 Å². The number of rotatable bonds is 8. The summed E-state index contributed by atoms with van der Waals surface area (Å²) in [5.41, 5.74) is 0. The van der Waals surface area contributed by atoms with Gasteiger partial charge < -0.3 is 5.32 Å². The Morgan fingerprint density at radius 3 is 2.50 bits per heavy atom. The van der Waals surface area contributed by atoms with Gasteiger partial charge in [0.1, 0.15) is 0 Å². The molecule has 3 unspecified atom stereocenters. The summed E-state index contributed by atoms with van der Waals surface area (Å²) in [5.74, 6) is 1.75. The summed E-state index contributed by atoms with van der Waals surface area (Å²) in [4.78, 5) is 2.89. The molecule has 0 aromatic carbocycles. The van der Waals surface area contributed by atoms with E-state index in [2.05, 4.69) is 37.9 Å². The zero-order chi connectivity index (χ0) is 14.5. The Morgan fingerprint density at radius 2 is 1.90 bits per heavy atom. The van der Waals surface area contributed by atoms with Crippen molar-refractivity contribution in [2.24, 2.45) is 11.8 Å². The third-order valence-electron chi connectivity index (χ3n) is 5.14. The van der Waals surface area contributed by atoms with E-state index in [1.54, 1.807) is 0 Å². The molecule has 2 fully saturated rings. The quantitative estimate of drug-likeness (QED) is 0.721. The second-order valence-electron chi connectivity index (χ2n) is 7.70. The van der Waals surface area contributed by atoms with Crippen molar-refractivity contribution >= 4 is 0 Å². The first kappa shape index (κ1) is 16.3. The van der Waals surface area contributed by atoms with Crippen LogP contribution >= 0.6 is 0 Å². The molecule has 0 spiro atoms. The predicted molar refractivity (Wildman–Crippen MR) is 88.1 cm³/mol. The summed E-state index contributed by atoms with van der Waals surface area (Å²) in [6.07, 6.45) is 9.73. The molecule has 2 aliphatic rings. The molecule has 0 heterocycles. The van der Waals surface area contributed by atoms with E-state index in [-0.39, 0.29) is 0 Å². The minimum atomic E-state index is 0.749. The Kier molecular flexibility index (Phi) is 6.35. The summed E-state index contributed by atoms with van der Waals surface area (Å²) in [6.45, 7) is 12.0. The first-order valence-corrected chi connectivity index (χ1v) is 9.11. The summed E-state index contributed by atoms with van der Waals surface area (Å²) >= 11 is 0. The first-order valence-electron chi connectivity index (χ1n) is 9.11. The lowest BCUT2D eigenvalue weighted by atomic mass is 9.82. The molecule has 2 aliphatic carbocycles. The van der Waals surface area contributed by atoms with Crippen molar-refractivity contribution in [3.63, 3.8) is 0 Å². The number of nitrogens with one attached hydrogen (secondary N) is 1. The molecular formula is C18H36N2. The van der Waals surface area contributed by atoms with E-state index >= 15 is 0 Å². The minimum absolute atomic E-state index is 0.749. The van der Waals surface area contributed by atoms with Gasteiger partial charge in [-0.3, -0.25) is 4.90 Å². The highest BCUT2D eigenvalue weighted by molar-refractivity contribution is 4.96. The zero-order valence-corrected chi connectivity index (χ0v) is 14.2. The van der Waals surface area contributed by atoms with Crippen molar-refractivity contribution in [3.05, 3.63) is 0 Å². The molecule has 2 nitrogen and oxygen atoms in total. The molecule has 118 valence electrons. The molecule has 2 heteroatoms. The molecule has 0 saturated heterocycles. The van der Waals surface area contributed by atoms with E-state index < -0.39 is 0 Å². The minimum Gasteiger partial charge on any atom is -0.312 e. The van der Waals surface area contributed by atoms with Crippen molar-refractivity contribution in [2.75, 3.05) is 13.1 Å². The van der Waals surface area contributed by atoms with E-state index in [4.69, 9.17) is 0 Å². The van der Waals surface area contributed by atoms with E-state index in [1.165, 1.54) is 58.0 Å². The Bertz CT molecular complexity index is 271. The normalized spacial score (nSPS) is 31.2. The van der Waals surface area contributed by atoms with Crippen LogP contribution in [-0.4, -0.2) is 36.1 Å². The summed E-state index contributed by atoms with van der Waals surface area (Å²) in [6, 6.07) is 2.46. The van der Waals surface area contributed by atoms with Gasteiger partial charge in [0.25, 0.3) is 0 Å². The van der Waals surface area contributed by atoms with E-state index in [0.29, 0.717) is 0 Å². The molecule has 0 bridgehead atoms. The molecule has 0 radical (unpaired) electrons. The van der Waals surface area contributed by atoms with Gasteiger partial charge in [-0.15, -0.1) is 0 Å². The Balaban J connectivity index is 1.97. The van der Waals surface area contributed by atoms with Gasteiger partial charge in [0.15, 0.2) is 0 Å². The van der Waals surface area contributed by atoms with Gasteiger partial charge in [0.2, 0.25) is 0 Å². The molecule has 0 aromatic heterocycles. The van der Waals surface area contributed by atoms with Gasteiger partial charge in [-0.25, -0.2) is 0 Å². The van der Waals surface area contributed by atoms with Crippen LogP contribution < -0.4 is 5.32 Å². The number of hydrogen-bond donors (Lipinski definition) is 1. The lowest BCUT2D eigenvalue weighted by Crippen LogP contribution is -2.54. The van der Waals surface area contributed by atoms with Crippen LogP contribution in [-0.2, 0) is 0 Å². The topological polar surface area (TPSA) is 15.3 Å². The van der Waals surface area contributed by atoms with Crippen molar-refractivity contribution in [1.82, 2.24) is 10.2 Å². The molecule has 2 rings (SSSR count). The average molecular weight is 281 g/mol. The standard InChI is InChI=1S/C18H36N2/c1-5-11-19-17-9-6-15(4)13-18(17)20(16-7-8-16)12-10-14(2)3/h14-19H,5-13H2,1-4H3. The fraction of sp³-hybridized carbons (Fsp3) is 1.00. The van der Waals surface area contributed by atoms with Crippen molar-refractivity contribution in [1.29, 1.82) is 0 Å². The van der Waals surface area contributed by atoms with Crippen LogP contribution in [0.2, 0.25) is 0 Å². The highest BCUT2D eigenvalue weighted by Crippen LogP contribution is 2.36. The summed E-state index contributed by atoms with van der Waals surface area (Å²) < 4.78 is 0. The molecule has 20 heavy (non-hydrogen) atoms. The Labute approximate surface area is 126 Å².